The molecule has 1 aliphatic rings. The molecule has 1 saturated heterocycles. The summed E-state index contributed by atoms with van der Waals surface area (Å²) in [6, 6.07) is 18.1. The molecule has 0 aromatic heterocycles. The third kappa shape index (κ3) is 5.33. The van der Waals surface area contributed by atoms with Crippen molar-refractivity contribution in [1.82, 2.24) is 10.2 Å². The van der Waals surface area contributed by atoms with E-state index < -0.39 is 0 Å². The van der Waals surface area contributed by atoms with E-state index in [0.29, 0.717) is 6.04 Å². The van der Waals surface area contributed by atoms with E-state index in [1.165, 1.54) is 42.6 Å². The minimum absolute atomic E-state index is 0.659. The van der Waals surface area contributed by atoms with Crippen molar-refractivity contribution < 1.29 is 4.74 Å². The predicted molar refractivity (Wildman–Crippen MR) is 109 cm³/mol. The fourth-order valence-corrected chi connectivity index (χ4v) is 3.80. The van der Waals surface area contributed by atoms with Crippen molar-refractivity contribution in [1.29, 1.82) is 0 Å². The van der Waals surface area contributed by atoms with Crippen LogP contribution in [-0.2, 0) is 19.4 Å². The average Bonchev–Trinajstić information content (AvgIpc) is 2.70. The van der Waals surface area contributed by atoms with E-state index in [0.717, 1.165) is 31.7 Å². The zero-order chi connectivity index (χ0) is 18.2. The topological polar surface area (TPSA) is 24.5 Å². The van der Waals surface area contributed by atoms with Crippen molar-refractivity contribution >= 4 is 0 Å². The van der Waals surface area contributed by atoms with Crippen LogP contribution in [0.4, 0.5) is 0 Å². The van der Waals surface area contributed by atoms with Gasteiger partial charge in [0.05, 0.1) is 7.11 Å². The molecule has 0 amide bonds. The summed E-state index contributed by atoms with van der Waals surface area (Å²) in [6.07, 6.45) is 4.60. The maximum atomic E-state index is 5.54. The Morgan fingerprint density at radius 2 is 1.81 bits per heavy atom. The van der Waals surface area contributed by atoms with Crippen LogP contribution >= 0.6 is 0 Å². The van der Waals surface area contributed by atoms with Gasteiger partial charge in [0.15, 0.2) is 0 Å². The molecule has 26 heavy (non-hydrogen) atoms. The molecule has 2 aromatic carbocycles. The first kappa shape index (κ1) is 18.9. The van der Waals surface area contributed by atoms with E-state index in [-0.39, 0.29) is 0 Å². The predicted octanol–water partition coefficient (Wildman–Crippen LogP) is 4.05. The maximum absolute atomic E-state index is 5.54. The molecule has 2 aromatic rings. The van der Waals surface area contributed by atoms with Crippen LogP contribution in [0, 0.1) is 0 Å². The van der Waals surface area contributed by atoms with Crippen LogP contribution in [0.2, 0.25) is 0 Å². The number of rotatable bonds is 8. The summed E-state index contributed by atoms with van der Waals surface area (Å²) in [5.74, 6) is 1.03. The molecular weight excluding hydrogens is 320 g/mol. The summed E-state index contributed by atoms with van der Waals surface area (Å²) < 4.78 is 5.54. The van der Waals surface area contributed by atoms with Gasteiger partial charge in [0.2, 0.25) is 0 Å². The van der Waals surface area contributed by atoms with Crippen LogP contribution in [-0.4, -0.2) is 37.7 Å². The third-order valence-electron chi connectivity index (χ3n) is 5.42. The molecule has 0 unspecified atom stereocenters. The maximum Gasteiger partial charge on any atom is 0.122 e. The van der Waals surface area contributed by atoms with Gasteiger partial charge in [-0.2, -0.15) is 0 Å². The van der Waals surface area contributed by atoms with Crippen molar-refractivity contribution in [2.45, 2.75) is 45.2 Å². The van der Waals surface area contributed by atoms with Crippen LogP contribution in [0.3, 0.4) is 0 Å². The van der Waals surface area contributed by atoms with Gasteiger partial charge in [0, 0.05) is 12.6 Å². The number of nitrogens with one attached hydrogen (secondary N) is 1. The highest BCUT2D eigenvalue weighted by Gasteiger charge is 2.19. The van der Waals surface area contributed by atoms with Crippen molar-refractivity contribution in [2.75, 3.05) is 26.7 Å². The lowest BCUT2D eigenvalue weighted by Gasteiger charge is -2.32. The summed E-state index contributed by atoms with van der Waals surface area (Å²) in [5, 5.41) is 3.74. The molecule has 1 heterocycles. The minimum Gasteiger partial charge on any atom is -0.496 e. The lowest BCUT2D eigenvalue weighted by molar-refractivity contribution is 0.191. The Morgan fingerprint density at radius 3 is 2.50 bits per heavy atom. The highest BCUT2D eigenvalue weighted by atomic mass is 16.5. The fraction of sp³-hybridized carbons (Fsp3) is 0.478. The van der Waals surface area contributed by atoms with Crippen molar-refractivity contribution in [3.8, 4) is 5.75 Å². The molecule has 0 radical (unpaired) electrons. The largest absolute Gasteiger partial charge is 0.496 e. The first-order valence-corrected chi connectivity index (χ1v) is 9.94. The lowest BCUT2D eigenvalue weighted by atomic mass is 10.0. The molecule has 0 spiro atoms. The second-order valence-electron chi connectivity index (χ2n) is 7.24. The highest BCUT2D eigenvalue weighted by Crippen LogP contribution is 2.22. The Kier molecular flexibility index (Phi) is 7.10. The van der Waals surface area contributed by atoms with E-state index in [9.17, 15) is 0 Å². The normalized spacial score (nSPS) is 15.9. The monoisotopic (exact) mass is 352 g/mol. The summed E-state index contributed by atoms with van der Waals surface area (Å²) in [7, 11) is 1.77. The second-order valence-corrected chi connectivity index (χ2v) is 7.24. The van der Waals surface area contributed by atoms with Crippen LogP contribution in [0.15, 0.2) is 48.5 Å². The van der Waals surface area contributed by atoms with Gasteiger partial charge < -0.3 is 10.1 Å². The first-order valence-electron chi connectivity index (χ1n) is 9.94. The van der Waals surface area contributed by atoms with Crippen molar-refractivity contribution in [3.05, 3.63) is 65.2 Å². The number of hydrogen-bond acceptors (Lipinski definition) is 3. The fourth-order valence-electron chi connectivity index (χ4n) is 3.80. The second kappa shape index (κ2) is 9.75. The Bertz CT molecular complexity index is 663. The first-order chi connectivity index (χ1) is 12.8. The number of ether oxygens (including phenoxy) is 1. The number of hydrogen-bond donors (Lipinski definition) is 1. The van der Waals surface area contributed by atoms with Gasteiger partial charge in [-0.05, 0) is 68.1 Å². The molecule has 3 rings (SSSR count). The molecule has 1 N–H and O–H groups in total. The molecule has 140 valence electrons. The van der Waals surface area contributed by atoms with Gasteiger partial charge >= 0.3 is 0 Å². The van der Waals surface area contributed by atoms with Gasteiger partial charge in [-0.15, -0.1) is 0 Å². The molecule has 0 saturated carbocycles. The molecular formula is C23H32N2O. The van der Waals surface area contributed by atoms with Crippen LogP contribution < -0.4 is 10.1 Å². The number of nitrogens with zero attached hydrogens (tertiary/aromatic N) is 1. The van der Waals surface area contributed by atoms with E-state index >= 15 is 0 Å². The summed E-state index contributed by atoms with van der Waals surface area (Å²) in [4.78, 5) is 2.57. The standard InChI is InChI=1S/C23H32N2O/c1-3-21-10-9-20(17-23(21)26-2)18-25-15-12-22(13-16-25)24-14-11-19-7-5-4-6-8-19/h4-10,17,22,24H,3,11-16,18H2,1-2H3. The van der Waals surface area contributed by atoms with Crippen molar-refractivity contribution in [2.24, 2.45) is 0 Å². The zero-order valence-electron chi connectivity index (χ0n) is 16.2. The number of aryl methyl sites for hydroxylation is 1. The Hall–Kier alpha value is -1.84. The van der Waals surface area contributed by atoms with Crippen LogP contribution in [0.5, 0.6) is 5.75 Å². The van der Waals surface area contributed by atoms with Crippen molar-refractivity contribution in [3.63, 3.8) is 0 Å². The van der Waals surface area contributed by atoms with Gasteiger partial charge in [-0.3, -0.25) is 4.90 Å². The summed E-state index contributed by atoms with van der Waals surface area (Å²) in [6.45, 7) is 6.61. The molecule has 1 fully saturated rings. The van der Waals surface area contributed by atoms with E-state index in [2.05, 4.69) is 65.7 Å². The minimum atomic E-state index is 0.659. The Balaban J connectivity index is 1.41. The summed E-state index contributed by atoms with van der Waals surface area (Å²) in [5.41, 5.74) is 4.06. The van der Waals surface area contributed by atoms with Gasteiger partial charge in [0.25, 0.3) is 0 Å². The molecule has 3 heteroatoms. The quantitative estimate of drug-likeness (QED) is 0.775. The van der Waals surface area contributed by atoms with Gasteiger partial charge in [0.1, 0.15) is 5.75 Å². The van der Waals surface area contributed by atoms with Crippen LogP contribution in [0.1, 0.15) is 36.5 Å². The molecule has 0 bridgehead atoms. The SMILES string of the molecule is CCc1ccc(CN2CCC(NCCc3ccccc3)CC2)cc1OC. The van der Waals surface area contributed by atoms with E-state index in [1.54, 1.807) is 7.11 Å². The number of benzene rings is 2. The zero-order valence-corrected chi connectivity index (χ0v) is 16.2. The molecule has 3 nitrogen and oxygen atoms in total. The van der Waals surface area contributed by atoms with Gasteiger partial charge in [-0.25, -0.2) is 0 Å². The smallest absolute Gasteiger partial charge is 0.122 e. The average molecular weight is 353 g/mol. The van der Waals surface area contributed by atoms with E-state index in [4.69, 9.17) is 4.74 Å². The molecule has 0 atom stereocenters. The highest BCUT2D eigenvalue weighted by molar-refractivity contribution is 5.37. The Labute approximate surface area is 158 Å². The summed E-state index contributed by atoms with van der Waals surface area (Å²) >= 11 is 0. The molecule has 0 aliphatic carbocycles. The molecule has 1 aliphatic heterocycles. The van der Waals surface area contributed by atoms with Gasteiger partial charge in [-0.1, -0.05) is 49.4 Å². The van der Waals surface area contributed by atoms with E-state index in [1.807, 2.05) is 0 Å². The number of piperidine rings is 1. The number of likely N-dealkylation sites (tertiary alicyclic amines) is 1. The number of methoxy groups -OCH3 is 1. The van der Waals surface area contributed by atoms with Crippen LogP contribution in [0.25, 0.3) is 0 Å². The lowest BCUT2D eigenvalue weighted by Crippen LogP contribution is -2.42. The third-order valence-corrected chi connectivity index (χ3v) is 5.42. The Morgan fingerprint density at radius 1 is 1.04 bits per heavy atom.